The van der Waals surface area contributed by atoms with Gasteiger partial charge in [0.1, 0.15) is 0 Å². The van der Waals surface area contributed by atoms with E-state index < -0.39 is 5.91 Å². The van der Waals surface area contributed by atoms with Crippen LogP contribution in [-0.4, -0.2) is 10.5 Å². The molecule has 0 bridgehead atoms. The largest absolute Gasteiger partial charge is 0.366 e. The van der Waals surface area contributed by atoms with Crippen LogP contribution in [0.2, 0.25) is 10.0 Å². The van der Waals surface area contributed by atoms with Crippen molar-refractivity contribution in [3.63, 3.8) is 0 Å². The maximum Gasteiger partial charge on any atom is 0.249 e. The molecule has 3 nitrogen and oxygen atoms in total. The molecule has 0 spiro atoms. The molecule has 5 aromatic rings. The normalized spacial score (nSPS) is 11.3. The zero-order valence-electron chi connectivity index (χ0n) is 16.8. The first-order valence-electron chi connectivity index (χ1n) is 9.97. The number of hydrogen-bond acceptors (Lipinski definition) is 1. The number of fused-ring (bicyclic) bond motifs is 3. The number of carbonyl (C=O) groups is 1. The van der Waals surface area contributed by atoms with E-state index in [9.17, 15) is 4.79 Å². The van der Waals surface area contributed by atoms with Gasteiger partial charge in [0, 0.05) is 43.0 Å². The van der Waals surface area contributed by atoms with Gasteiger partial charge in [0.05, 0.1) is 11.0 Å². The summed E-state index contributed by atoms with van der Waals surface area (Å²) in [5, 5.41) is 3.01. The molecule has 0 saturated heterocycles. The van der Waals surface area contributed by atoms with Gasteiger partial charge in [-0.2, -0.15) is 0 Å². The average Bonchev–Trinajstić information content (AvgIpc) is 3.07. The van der Waals surface area contributed by atoms with E-state index in [-0.39, 0.29) is 0 Å². The van der Waals surface area contributed by atoms with E-state index in [0.717, 1.165) is 43.0 Å². The minimum atomic E-state index is -0.443. The van der Waals surface area contributed by atoms with Crippen molar-refractivity contribution in [3.8, 4) is 11.1 Å². The zero-order chi connectivity index (χ0) is 22.4. The van der Waals surface area contributed by atoms with Gasteiger partial charge in [0.15, 0.2) is 0 Å². The fourth-order valence-corrected chi connectivity index (χ4v) is 5.19. The number of rotatable bonds is 4. The Morgan fingerprint density at radius 2 is 1.72 bits per heavy atom. The first-order valence-corrected chi connectivity index (χ1v) is 11.5. The molecule has 4 aromatic carbocycles. The van der Waals surface area contributed by atoms with Gasteiger partial charge in [-0.3, -0.25) is 4.79 Å². The van der Waals surface area contributed by atoms with Crippen molar-refractivity contribution in [1.82, 2.24) is 4.57 Å². The number of amides is 1. The number of halogens is 3. The van der Waals surface area contributed by atoms with E-state index >= 15 is 0 Å². The van der Waals surface area contributed by atoms with Crippen LogP contribution in [0.5, 0.6) is 0 Å². The number of benzene rings is 4. The van der Waals surface area contributed by atoms with Crippen LogP contribution < -0.4 is 5.73 Å². The number of nitrogens with zero attached hydrogens (tertiary/aromatic N) is 1. The van der Waals surface area contributed by atoms with Crippen molar-refractivity contribution in [1.29, 1.82) is 0 Å². The summed E-state index contributed by atoms with van der Waals surface area (Å²) in [7, 11) is 0. The summed E-state index contributed by atoms with van der Waals surface area (Å²) in [6, 6.07) is 25.5. The van der Waals surface area contributed by atoms with Crippen molar-refractivity contribution in [3.05, 3.63) is 105 Å². The van der Waals surface area contributed by atoms with Crippen LogP contribution in [0.1, 0.15) is 15.9 Å². The van der Waals surface area contributed by atoms with E-state index in [2.05, 4.69) is 38.7 Å². The number of carbonyl (C=O) groups excluding carboxylic acids is 1. The fraction of sp³-hybridized carbons (Fsp3) is 0.0385. The van der Waals surface area contributed by atoms with Gasteiger partial charge < -0.3 is 10.3 Å². The Kier molecular flexibility index (Phi) is 5.46. The van der Waals surface area contributed by atoms with Crippen molar-refractivity contribution >= 4 is 66.8 Å². The van der Waals surface area contributed by atoms with Crippen molar-refractivity contribution in [2.45, 2.75) is 6.54 Å². The van der Waals surface area contributed by atoms with E-state index in [1.165, 1.54) is 0 Å². The topological polar surface area (TPSA) is 48.0 Å². The first kappa shape index (κ1) is 21.1. The lowest BCUT2D eigenvalue weighted by Gasteiger charge is -2.10. The Hall–Kier alpha value is -2.79. The van der Waals surface area contributed by atoms with Crippen LogP contribution in [0.25, 0.3) is 32.9 Å². The van der Waals surface area contributed by atoms with Gasteiger partial charge in [-0.15, -0.1) is 0 Å². The molecule has 6 heteroatoms. The maximum absolute atomic E-state index is 12.2. The smallest absolute Gasteiger partial charge is 0.249 e. The van der Waals surface area contributed by atoms with Gasteiger partial charge in [-0.1, -0.05) is 75.5 Å². The zero-order valence-corrected chi connectivity index (χ0v) is 19.9. The van der Waals surface area contributed by atoms with Gasteiger partial charge >= 0.3 is 0 Å². The maximum atomic E-state index is 12.2. The summed E-state index contributed by atoms with van der Waals surface area (Å²) in [6.07, 6.45) is 0. The molecule has 0 atom stereocenters. The predicted molar refractivity (Wildman–Crippen MR) is 137 cm³/mol. The summed E-state index contributed by atoms with van der Waals surface area (Å²) in [5.41, 5.74) is 11.2. The third kappa shape index (κ3) is 3.69. The van der Waals surface area contributed by atoms with E-state index in [0.29, 0.717) is 22.2 Å². The minimum absolute atomic E-state index is 0.443. The average molecular weight is 524 g/mol. The molecular formula is C26H17BrCl2N2O. The molecule has 2 N–H and O–H groups in total. The lowest BCUT2D eigenvalue weighted by molar-refractivity contribution is 0.100. The fourth-order valence-electron chi connectivity index (χ4n) is 4.23. The SMILES string of the molecule is NC(=O)c1cccc2c1c1ccc(-c3ccc(Cl)cc3Cl)cc1n2Cc1cccc(Br)c1. The van der Waals surface area contributed by atoms with Crippen LogP contribution in [0.15, 0.2) is 83.3 Å². The molecule has 0 fully saturated rings. The van der Waals surface area contributed by atoms with Crippen LogP contribution in [-0.2, 0) is 6.54 Å². The first-order chi connectivity index (χ1) is 15.4. The third-order valence-electron chi connectivity index (χ3n) is 5.63. The number of nitrogens with two attached hydrogens (primary N) is 1. The van der Waals surface area contributed by atoms with Crippen LogP contribution in [0.3, 0.4) is 0 Å². The second kappa shape index (κ2) is 8.28. The van der Waals surface area contributed by atoms with E-state index in [4.69, 9.17) is 28.9 Å². The van der Waals surface area contributed by atoms with Gasteiger partial charge in [0.2, 0.25) is 5.91 Å². The van der Waals surface area contributed by atoms with Gasteiger partial charge in [0.25, 0.3) is 0 Å². The molecule has 0 aliphatic heterocycles. The molecule has 32 heavy (non-hydrogen) atoms. The third-order valence-corrected chi connectivity index (χ3v) is 6.67. The molecule has 0 aliphatic carbocycles. The highest BCUT2D eigenvalue weighted by atomic mass is 79.9. The van der Waals surface area contributed by atoms with Crippen LogP contribution >= 0.6 is 39.1 Å². The molecule has 5 rings (SSSR count). The highest BCUT2D eigenvalue weighted by Gasteiger charge is 2.18. The van der Waals surface area contributed by atoms with Crippen molar-refractivity contribution in [2.24, 2.45) is 5.73 Å². The molecule has 0 aliphatic rings. The van der Waals surface area contributed by atoms with Gasteiger partial charge in [-0.05, 0) is 53.6 Å². The molecule has 0 radical (unpaired) electrons. The summed E-state index contributed by atoms with van der Waals surface area (Å²) < 4.78 is 3.23. The molecular weight excluding hydrogens is 507 g/mol. The van der Waals surface area contributed by atoms with Crippen LogP contribution in [0.4, 0.5) is 0 Å². The van der Waals surface area contributed by atoms with Crippen molar-refractivity contribution < 1.29 is 4.79 Å². The molecule has 158 valence electrons. The molecule has 1 aromatic heterocycles. The lowest BCUT2D eigenvalue weighted by atomic mass is 10.0. The summed E-state index contributed by atoms with van der Waals surface area (Å²) in [5.74, 6) is -0.443. The van der Waals surface area contributed by atoms with E-state index in [1.807, 2.05) is 48.5 Å². The number of hydrogen-bond donors (Lipinski definition) is 1. The van der Waals surface area contributed by atoms with Crippen molar-refractivity contribution in [2.75, 3.05) is 0 Å². The Labute approximate surface area is 203 Å². The second-order valence-corrected chi connectivity index (χ2v) is 9.40. The summed E-state index contributed by atoms with van der Waals surface area (Å²) in [4.78, 5) is 12.2. The number of aromatic nitrogens is 1. The second-order valence-electron chi connectivity index (χ2n) is 7.64. The summed E-state index contributed by atoms with van der Waals surface area (Å²) >= 11 is 16.1. The van der Waals surface area contributed by atoms with Gasteiger partial charge in [-0.25, -0.2) is 0 Å². The Balaban J connectivity index is 1.81. The minimum Gasteiger partial charge on any atom is -0.366 e. The molecule has 1 heterocycles. The molecule has 0 unspecified atom stereocenters. The standard InChI is InChI=1S/C26H17BrCl2N2O/c27-17-4-1-3-15(11-17)14-31-23-6-2-5-21(26(30)32)25(23)20-9-7-16(12-24(20)31)19-10-8-18(28)13-22(19)29/h1-13H,14H2,(H2,30,32). The molecule has 0 saturated carbocycles. The Morgan fingerprint density at radius 1 is 0.906 bits per heavy atom. The molecule has 1 amide bonds. The monoisotopic (exact) mass is 522 g/mol. The van der Waals surface area contributed by atoms with Crippen LogP contribution in [0, 0.1) is 0 Å². The predicted octanol–water partition coefficient (Wildman–Crippen LogP) is 7.68. The quantitative estimate of drug-likeness (QED) is 0.258. The summed E-state index contributed by atoms with van der Waals surface area (Å²) in [6.45, 7) is 0.638. The lowest BCUT2D eigenvalue weighted by Crippen LogP contribution is -2.11. The Morgan fingerprint density at radius 3 is 2.47 bits per heavy atom. The number of primary amides is 1. The van der Waals surface area contributed by atoms with E-state index in [1.54, 1.807) is 12.1 Å². The Bertz CT molecular complexity index is 1520. The highest BCUT2D eigenvalue weighted by molar-refractivity contribution is 9.10. The highest BCUT2D eigenvalue weighted by Crippen LogP contribution is 2.37.